The molecule has 1 aromatic carbocycles. The molecule has 3 aliphatic heterocycles. The first-order valence-electron chi connectivity index (χ1n) is 12.9. The minimum Gasteiger partial charge on any atom is -0.493 e. The molecule has 0 aliphatic carbocycles. The van der Waals surface area contributed by atoms with Crippen LogP contribution in [0.5, 0.6) is 5.75 Å². The van der Waals surface area contributed by atoms with E-state index in [1.54, 1.807) is 0 Å². The van der Waals surface area contributed by atoms with Gasteiger partial charge in [-0.15, -0.1) is 6.58 Å². The zero-order chi connectivity index (χ0) is 25.4. The fourth-order valence-electron chi connectivity index (χ4n) is 5.43. The number of pyridine rings is 1. The average Bonchev–Trinajstić information content (AvgIpc) is 2.79. The summed E-state index contributed by atoms with van der Waals surface area (Å²) < 4.78 is 6.13. The number of ether oxygens (including phenoxy) is 1. The molecule has 2 N–H and O–H groups in total. The number of nitrogens with one attached hydrogen (secondary N) is 2. The fourth-order valence-corrected chi connectivity index (χ4v) is 5.43. The lowest BCUT2D eigenvalue weighted by atomic mass is 9.73. The van der Waals surface area contributed by atoms with E-state index in [9.17, 15) is 4.79 Å². The van der Waals surface area contributed by atoms with E-state index in [1.165, 1.54) is 6.42 Å². The van der Waals surface area contributed by atoms with Crippen LogP contribution in [0.25, 0.3) is 10.9 Å². The van der Waals surface area contributed by atoms with Gasteiger partial charge in [0.25, 0.3) is 0 Å². The highest BCUT2D eigenvalue weighted by molar-refractivity contribution is 5.85. The highest BCUT2D eigenvalue weighted by atomic mass is 16.5. The Kier molecular flexibility index (Phi) is 7.14. The van der Waals surface area contributed by atoms with Gasteiger partial charge in [-0.3, -0.25) is 9.88 Å². The molecule has 1 unspecified atom stereocenters. The van der Waals surface area contributed by atoms with E-state index < -0.39 is 0 Å². The normalized spacial score (nSPS) is 25.2. The van der Waals surface area contributed by atoms with E-state index in [0.29, 0.717) is 18.4 Å². The Hall–Kier alpha value is -2.60. The third kappa shape index (κ3) is 6.16. The van der Waals surface area contributed by atoms with Gasteiger partial charge in [-0.25, -0.2) is 4.79 Å². The molecule has 5 rings (SSSR count). The highest BCUT2D eigenvalue weighted by Crippen LogP contribution is 2.42. The maximum Gasteiger partial charge on any atom is 0.315 e. The molecular formula is C29H42N4O2. The van der Waals surface area contributed by atoms with Gasteiger partial charge < -0.3 is 15.4 Å². The van der Waals surface area contributed by atoms with Crippen molar-refractivity contribution in [3.05, 3.63) is 48.7 Å². The molecule has 4 heterocycles. The van der Waals surface area contributed by atoms with E-state index in [1.807, 2.05) is 39.1 Å². The lowest BCUT2D eigenvalue weighted by molar-refractivity contribution is 0.00301. The number of aromatic nitrogens is 1. The first-order chi connectivity index (χ1) is 16.4. The van der Waals surface area contributed by atoms with Crippen LogP contribution in [0.1, 0.15) is 66.0 Å². The second-order valence-electron chi connectivity index (χ2n) is 12.5. The number of carbonyl (C=O) groups is 1. The predicted octanol–water partition coefficient (Wildman–Crippen LogP) is 5.69. The second kappa shape index (κ2) is 9.81. The van der Waals surface area contributed by atoms with Crippen LogP contribution in [0.4, 0.5) is 4.79 Å². The van der Waals surface area contributed by atoms with E-state index in [-0.39, 0.29) is 29.1 Å². The number of benzene rings is 1. The largest absolute Gasteiger partial charge is 0.493 e. The zero-order valence-electron chi connectivity index (χ0n) is 22.2. The molecular weight excluding hydrogens is 436 g/mol. The Balaban J connectivity index is 1.71. The van der Waals surface area contributed by atoms with E-state index >= 15 is 0 Å². The molecule has 6 nitrogen and oxygen atoms in total. The van der Waals surface area contributed by atoms with Crippen LogP contribution in [0.3, 0.4) is 0 Å². The standard InChI is InChI=1S/C29H42N4O2/c1-8-19-17-33-14-12-20(19)15-25(33)26(31-27(34)32-29(5,6)7)22-11-13-30-24-10-9-21(16-23(22)24)35-18-28(2,3)4/h8-11,13,16,19-20,25-26H,1,12,14-15,17-18H2,2-7H3,(H2,31,32,34)/t19-,20-,25-,26+/m0/s1. The smallest absolute Gasteiger partial charge is 0.315 e. The number of hydrogen-bond acceptors (Lipinski definition) is 4. The number of nitrogens with zero attached hydrogens (tertiary/aromatic N) is 2. The number of amides is 2. The lowest BCUT2D eigenvalue weighted by Gasteiger charge is -2.51. The molecule has 6 heteroatoms. The quantitative estimate of drug-likeness (QED) is 0.523. The lowest BCUT2D eigenvalue weighted by Crippen LogP contribution is -2.59. The maximum atomic E-state index is 13.1. The summed E-state index contributed by atoms with van der Waals surface area (Å²) in [5.41, 5.74) is 1.75. The molecule has 0 spiro atoms. The number of urea groups is 1. The van der Waals surface area contributed by atoms with Crippen molar-refractivity contribution in [1.29, 1.82) is 0 Å². The van der Waals surface area contributed by atoms with Crippen LogP contribution in [0, 0.1) is 17.3 Å². The van der Waals surface area contributed by atoms with Crippen molar-refractivity contribution >= 4 is 16.9 Å². The molecule has 3 aliphatic rings. The molecule has 3 saturated heterocycles. The van der Waals surface area contributed by atoms with Crippen LogP contribution in [-0.4, -0.2) is 47.2 Å². The summed E-state index contributed by atoms with van der Waals surface area (Å²) in [6, 6.07) is 8.07. The highest BCUT2D eigenvalue weighted by Gasteiger charge is 2.43. The minimum absolute atomic E-state index is 0.0676. The number of fused-ring (bicyclic) bond motifs is 4. The minimum atomic E-state index is -0.317. The van der Waals surface area contributed by atoms with Crippen molar-refractivity contribution in [1.82, 2.24) is 20.5 Å². The van der Waals surface area contributed by atoms with Crippen molar-refractivity contribution < 1.29 is 9.53 Å². The van der Waals surface area contributed by atoms with E-state index in [4.69, 9.17) is 4.74 Å². The Labute approximate surface area is 210 Å². The number of piperidine rings is 3. The molecule has 2 amide bonds. The Morgan fingerprint density at radius 2 is 2.03 bits per heavy atom. The van der Waals surface area contributed by atoms with Crippen molar-refractivity contribution in [3.8, 4) is 5.75 Å². The summed E-state index contributed by atoms with van der Waals surface area (Å²) in [7, 11) is 0. The molecule has 35 heavy (non-hydrogen) atoms. The SMILES string of the molecule is C=C[C@H]1CN2CC[C@H]1C[C@H]2[C@H](NC(=O)NC(C)(C)C)c1ccnc2ccc(OCC(C)(C)C)cc12. The van der Waals surface area contributed by atoms with Gasteiger partial charge in [0.15, 0.2) is 0 Å². The van der Waals surface area contributed by atoms with Crippen LogP contribution in [0.15, 0.2) is 43.1 Å². The third-order valence-electron chi connectivity index (χ3n) is 7.07. The van der Waals surface area contributed by atoms with Crippen molar-refractivity contribution in [3.63, 3.8) is 0 Å². The van der Waals surface area contributed by atoms with Gasteiger partial charge in [-0.05, 0) is 87.2 Å². The second-order valence-corrected chi connectivity index (χ2v) is 12.5. The average molecular weight is 479 g/mol. The summed E-state index contributed by atoms with van der Waals surface area (Å²) >= 11 is 0. The van der Waals surface area contributed by atoms with Gasteiger partial charge in [0, 0.05) is 29.7 Å². The number of carbonyl (C=O) groups excluding carboxylic acids is 1. The first-order valence-corrected chi connectivity index (χ1v) is 12.9. The van der Waals surface area contributed by atoms with Crippen molar-refractivity contribution in [2.75, 3.05) is 19.7 Å². The van der Waals surface area contributed by atoms with Gasteiger partial charge in [0.05, 0.1) is 18.2 Å². The molecule has 0 radical (unpaired) electrons. The fraction of sp³-hybridized carbons (Fsp3) is 0.586. The van der Waals surface area contributed by atoms with Crippen LogP contribution >= 0.6 is 0 Å². The van der Waals surface area contributed by atoms with E-state index in [2.05, 4.69) is 66.1 Å². The molecule has 190 valence electrons. The number of hydrogen-bond donors (Lipinski definition) is 2. The summed E-state index contributed by atoms with van der Waals surface area (Å²) in [4.78, 5) is 20.3. The zero-order valence-corrected chi connectivity index (χ0v) is 22.2. The Bertz CT molecular complexity index is 1070. The first kappa shape index (κ1) is 25.5. The molecule has 1 aromatic heterocycles. The maximum absolute atomic E-state index is 13.1. The summed E-state index contributed by atoms with van der Waals surface area (Å²) in [6.45, 7) is 19.3. The Morgan fingerprint density at radius 3 is 2.66 bits per heavy atom. The monoisotopic (exact) mass is 478 g/mol. The molecule has 0 saturated carbocycles. The van der Waals surface area contributed by atoms with Crippen LogP contribution in [-0.2, 0) is 0 Å². The Morgan fingerprint density at radius 1 is 1.26 bits per heavy atom. The molecule has 5 atom stereocenters. The summed E-state index contributed by atoms with van der Waals surface area (Å²) in [5.74, 6) is 1.96. The van der Waals surface area contributed by atoms with Crippen molar-refractivity contribution in [2.45, 2.75) is 72.0 Å². The van der Waals surface area contributed by atoms with Crippen LogP contribution in [0.2, 0.25) is 0 Å². The van der Waals surface area contributed by atoms with Crippen molar-refractivity contribution in [2.24, 2.45) is 17.3 Å². The third-order valence-corrected chi connectivity index (χ3v) is 7.07. The van der Waals surface area contributed by atoms with Gasteiger partial charge in [0.2, 0.25) is 0 Å². The van der Waals surface area contributed by atoms with Gasteiger partial charge >= 0.3 is 6.03 Å². The van der Waals surface area contributed by atoms with Gasteiger partial charge in [-0.1, -0.05) is 26.8 Å². The molecule has 2 aromatic rings. The van der Waals surface area contributed by atoms with Gasteiger partial charge in [-0.2, -0.15) is 0 Å². The summed E-state index contributed by atoms with van der Waals surface area (Å²) in [6.07, 6.45) is 6.20. The van der Waals surface area contributed by atoms with E-state index in [0.717, 1.165) is 41.7 Å². The summed E-state index contributed by atoms with van der Waals surface area (Å²) in [5, 5.41) is 7.48. The molecule has 2 bridgehead atoms. The number of rotatable bonds is 6. The van der Waals surface area contributed by atoms with Crippen LogP contribution < -0.4 is 15.4 Å². The van der Waals surface area contributed by atoms with Gasteiger partial charge in [0.1, 0.15) is 5.75 Å². The molecule has 3 fully saturated rings. The predicted molar refractivity (Wildman–Crippen MR) is 143 cm³/mol. The topological polar surface area (TPSA) is 66.5 Å².